The van der Waals surface area contributed by atoms with Crippen molar-refractivity contribution in [2.24, 2.45) is 0 Å². The van der Waals surface area contributed by atoms with Gasteiger partial charge in [-0.2, -0.15) is 5.10 Å². The Morgan fingerprint density at radius 2 is 1.82 bits per heavy atom. The maximum absolute atomic E-state index is 12.8. The number of esters is 1. The molecule has 0 spiro atoms. The van der Waals surface area contributed by atoms with E-state index in [0.29, 0.717) is 12.0 Å². The number of carbonyl (C=O) groups is 2. The Bertz CT molecular complexity index is 980. The minimum absolute atomic E-state index is 0.338. The van der Waals surface area contributed by atoms with Crippen LogP contribution in [0.2, 0.25) is 0 Å². The van der Waals surface area contributed by atoms with E-state index in [1.165, 1.54) is 7.11 Å². The number of nitrogens with one attached hydrogen (secondary N) is 1. The van der Waals surface area contributed by atoms with E-state index < -0.39 is 12.0 Å². The molecule has 0 saturated heterocycles. The first-order valence-corrected chi connectivity index (χ1v) is 9.04. The van der Waals surface area contributed by atoms with E-state index in [2.05, 4.69) is 10.4 Å². The molecule has 0 fully saturated rings. The molecule has 0 aliphatic rings. The predicted octanol–water partition coefficient (Wildman–Crippen LogP) is 3.00. The number of aromatic nitrogens is 2. The topological polar surface area (TPSA) is 73.2 Å². The third kappa shape index (κ3) is 4.46. The lowest BCUT2D eigenvalue weighted by Gasteiger charge is -2.17. The lowest BCUT2D eigenvalue weighted by Crippen LogP contribution is -2.43. The van der Waals surface area contributed by atoms with Gasteiger partial charge in [0.15, 0.2) is 0 Å². The van der Waals surface area contributed by atoms with Gasteiger partial charge in [0, 0.05) is 17.7 Å². The first-order chi connectivity index (χ1) is 13.5. The Labute approximate surface area is 164 Å². The normalized spacial score (nSPS) is 11.7. The van der Waals surface area contributed by atoms with Crippen LogP contribution >= 0.6 is 0 Å². The molecule has 0 aliphatic carbocycles. The molecule has 6 heteroatoms. The van der Waals surface area contributed by atoms with Crippen LogP contribution < -0.4 is 5.32 Å². The summed E-state index contributed by atoms with van der Waals surface area (Å²) in [5.74, 6) is -0.818. The smallest absolute Gasteiger partial charge is 0.328 e. The highest BCUT2D eigenvalue weighted by atomic mass is 16.5. The quantitative estimate of drug-likeness (QED) is 0.670. The van der Waals surface area contributed by atoms with Gasteiger partial charge in [0.05, 0.1) is 18.5 Å². The van der Waals surface area contributed by atoms with E-state index in [1.807, 2.05) is 56.3 Å². The molecule has 1 N–H and O–H groups in total. The van der Waals surface area contributed by atoms with Crippen molar-refractivity contribution in [1.82, 2.24) is 15.1 Å². The van der Waals surface area contributed by atoms with E-state index in [1.54, 1.807) is 22.9 Å². The Hall–Kier alpha value is -3.41. The fourth-order valence-electron chi connectivity index (χ4n) is 3.10. The summed E-state index contributed by atoms with van der Waals surface area (Å²) in [6.07, 6.45) is 0.358. The van der Waals surface area contributed by atoms with Crippen LogP contribution in [0.3, 0.4) is 0 Å². The largest absolute Gasteiger partial charge is 0.467 e. The van der Waals surface area contributed by atoms with E-state index >= 15 is 0 Å². The van der Waals surface area contributed by atoms with Gasteiger partial charge in [-0.3, -0.25) is 4.79 Å². The van der Waals surface area contributed by atoms with Crippen LogP contribution in [0, 0.1) is 13.8 Å². The van der Waals surface area contributed by atoms with Gasteiger partial charge >= 0.3 is 5.97 Å². The zero-order valence-electron chi connectivity index (χ0n) is 16.2. The van der Waals surface area contributed by atoms with Crippen molar-refractivity contribution in [2.75, 3.05) is 7.11 Å². The molecule has 1 aromatic heterocycles. The van der Waals surface area contributed by atoms with Gasteiger partial charge < -0.3 is 10.1 Å². The van der Waals surface area contributed by atoms with Crippen molar-refractivity contribution in [1.29, 1.82) is 0 Å². The van der Waals surface area contributed by atoms with Crippen molar-refractivity contribution in [3.05, 3.63) is 83.2 Å². The van der Waals surface area contributed by atoms with Gasteiger partial charge in [0.25, 0.3) is 5.91 Å². The fourth-order valence-corrected chi connectivity index (χ4v) is 3.10. The second kappa shape index (κ2) is 8.52. The minimum atomic E-state index is -0.766. The second-order valence-corrected chi connectivity index (χ2v) is 6.63. The number of aryl methyl sites for hydroxylation is 2. The maximum atomic E-state index is 12.8. The number of carbonyl (C=O) groups excluding carboxylic acids is 2. The van der Waals surface area contributed by atoms with Crippen LogP contribution in [0.15, 0.2) is 60.7 Å². The number of methoxy groups -OCH3 is 1. The Morgan fingerprint density at radius 1 is 1.07 bits per heavy atom. The Kier molecular flexibility index (Phi) is 5.89. The van der Waals surface area contributed by atoms with E-state index in [0.717, 1.165) is 22.6 Å². The van der Waals surface area contributed by atoms with Crippen molar-refractivity contribution in [3.63, 3.8) is 0 Å². The van der Waals surface area contributed by atoms with Gasteiger partial charge in [-0.1, -0.05) is 36.4 Å². The number of amides is 1. The van der Waals surface area contributed by atoms with E-state index in [9.17, 15) is 9.59 Å². The molecule has 3 aromatic rings. The summed E-state index contributed by atoms with van der Waals surface area (Å²) in [4.78, 5) is 25.0. The van der Waals surface area contributed by atoms with Gasteiger partial charge in [0.2, 0.25) is 0 Å². The van der Waals surface area contributed by atoms with Crippen LogP contribution in [0.25, 0.3) is 5.69 Å². The number of benzene rings is 2. The van der Waals surface area contributed by atoms with Crippen LogP contribution in [0.1, 0.15) is 27.3 Å². The zero-order chi connectivity index (χ0) is 20.1. The summed E-state index contributed by atoms with van der Waals surface area (Å²) >= 11 is 0. The second-order valence-electron chi connectivity index (χ2n) is 6.63. The van der Waals surface area contributed by atoms with E-state index in [-0.39, 0.29) is 5.91 Å². The van der Waals surface area contributed by atoms with Crippen LogP contribution in [0.4, 0.5) is 0 Å². The predicted molar refractivity (Wildman–Crippen MR) is 106 cm³/mol. The summed E-state index contributed by atoms with van der Waals surface area (Å²) < 4.78 is 6.65. The standard InChI is InChI=1S/C22H23N3O3/c1-15-12-16(2)25(24-15)19-11-7-10-18(14-19)21(26)23-20(22(27)28-3)13-17-8-5-4-6-9-17/h4-12,14,20H,13H2,1-3H3,(H,23,26)/t20-/m0/s1. The SMILES string of the molecule is COC(=O)[C@H](Cc1ccccc1)NC(=O)c1cccc(-n2nc(C)cc2C)c1. The highest BCUT2D eigenvalue weighted by Crippen LogP contribution is 2.14. The monoisotopic (exact) mass is 377 g/mol. The molecule has 1 amide bonds. The Morgan fingerprint density at radius 3 is 2.46 bits per heavy atom. The number of nitrogens with zero attached hydrogens (tertiary/aromatic N) is 2. The molecule has 1 atom stereocenters. The van der Waals surface area contributed by atoms with Crippen molar-refractivity contribution in [2.45, 2.75) is 26.3 Å². The van der Waals surface area contributed by atoms with Crippen molar-refractivity contribution < 1.29 is 14.3 Å². The van der Waals surface area contributed by atoms with Gasteiger partial charge in [0.1, 0.15) is 6.04 Å². The molecule has 144 valence electrons. The van der Waals surface area contributed by atoms with Crippen molar-refractivity contribution >= 4 is 11.9 Å². The molecular weight excluding hydrogens is 354 g/mol. The number of rotatable bonds is 6. The number of hydrogen-bond acceptors (Lipinski definition) is 4. The van der Waals surface area contributed by atoms with Crippen LogP contribution in [0.5, 0.6) is 0 Å². The van der Waals surface area contributed by atoms with E-state index in [4.69, 9.17) is 4.74 Å². The molecular formula is C22H23N3O3. The fraction of sp³-hybridized carbons (Fsp3) is 0.227. The first-order valence-electron chi connectivity index (χ1n) is 9.04. The molecule has 0 saturated carbocycles. The van der Waals surface area contributed by atoms with Crippen LogP contribution in [-0.4, -0.2) is 34.8 Å². The highest BCUT2D eigenvalue weighted by Gasteiger charge is 2.23. The third-order valence-corrected chi connectivity index (χ3v) is 4.44. The lowest BCUT2D eigenvalue weighted by atomic mass is 10.1. The molecule has 2 aromatic carbocycles. The van der Waals surface area contributed by atoms with Crippen LogP contribution in [-0.2, 0) is 16.0 Å². The molecule has 0 radical (unpaired) electrons. The van der Waals surface area contributed by atoms with Gasteiger partial charge in [-0.15, -0.1) is 0 Å². The molecule has 0 unspecified atom stereocenters. The average molecular weight is 377 g/mol. The van der Waals surface area contributed by atoms with Crippen molar-refractivity contribution in [3.8, 4) is 5.69 Å². The highest BCUT2D eigenvalue weighted by molar-refractivity contribution is 5.97. The first kappa shape index (κ1) is 19.4. The van der Waals surface area contributed by atoms with Gasteiger partial charge in [-0.05, 0) is 43.7 Å². The summed E-state index contributed by atoms with van der Waals surface area (Å²) in [7, 11) is 1.32. The average Bonchev–Trinajstić information content (AvgIpc) is 3.05. The summed E-state index contributed by atoms with van der Waals surface area (Å²) in [6, 6.07) is 17.9. The number of hydrogen-bond donors (Lipinski definition) is 1. The number of ether oxygens (including phenoxy) is 1. The van der Waals surface area contributed by atoms with Gasteiger partial charge in [-0.25, -0.2) is 9.48 Å². The minimum Gasteiger partial charge on any atom is -0.467 e. The molecule has 1 heterocycles. The molecule has 28 heavy (non-hydrogen) atoms. The summed E-state index contributed by atoms with van der Waals surface area (Å²) in [6.45, 7) is 3.88. The molecule has 6 nitrogen and oxygen atoms in total. The molecule has 3 rings (SSSR count). The maximum Gasteiger partial charge on any atom is 0.328 e. The third-order valence-electron chi connectivity index (χ3n) is 4.44. The molecule has 0 bridgehead atoms. The zero-order valence-corrected chi connectivity index (χ0v) is 16.2. The summed E-state index contributed by atoms with van der Waals surface area (Å²) in [5.41, 5.74) is 4.06. The lowest BCUT2D eigenvalue weighted by molar-refractivity contribution is -0.142. The summed E-state index contributed by atoms with van der Waals surface area (Å²) in [5, 5.41) is 7.24. The Balaban J connectivity index is 1.81. The molecule has 0 aliphatic heterocycles.